The third-order valence-corrected chi connectivity index (χ3v) is 6.07. The van der Waals surface area contributed by atoms with Gasteiger partial charge >= 0.3 is 0 Å². The predicted octanol–water partition coefficient (Wildman–Crippen LogP) is 3.15. The van der Waals surface area contributed by atoms with Crippen LogP contribution in [-0.2, 0) is 10.0 Å². The molecule has 0 radical (unpaired) electrons. The Morgan fingerprint density at radius 3 is 2.20 bits per heavy atom. The molecule has 0 atom stereocenters. The van der Waals surface area contributed by atoms with E-state index in [0.29, 0.717) is 5.82 Å². The number of hydrogen-bond acceptors (Lipinski definition) is 7. The molecule has 0 aliphatic rings. The van der Waals surface area contributed by atoms with Gasteiger partial charge in [0, 0.05) is 25.5 Å². The van der Waals surface area contributed by atoms with E-state index in [1.165, 1.54) is 6.07 Å². The van der Waals surface area contributed by atoms with Gasteiger partial charge in [-0.3, -0.25) is 4.72 Å². The van der Waals surface area contributed by atoms with Crippen molar-refractivity contribution in [1.29, 1.82) is 0 Å². The summed E-state index contributed by atoms with van der Waals surface area (Å²) in [5.41, 5.74) is 1.96. The molecule has 130 valence electrons. The van der Waals surface area contributed by atoms with E-state index in [9.17, 15) is 8.42 Å². The lowest BCUT2D eigenvalue weighted by atomic mass is 10.2. The van der Waals surface area contributed by atoms with E-state index in [4.69, 9.17) is 0 Å². The van der Waals surface area contributed by atoms with Crippen molar-refractivity contribution in [2.45, 2.75) is 4.21 Å². The van der Waals surface area contributed by atoms with Crippen LogP contribution in [0.15, 0.2) is 58.1 Å². The minimum Gasteiger partial charge on any atom is -0.378 e. The Balaban J connectivity index is 1.68. The monoisotopic (exact) mass is 375 g/mol. The fraction of sp³-hybridized carbons (Fsp3) is 0.125. The highest BCUT2D eigenvalue weighted by molar-refractivity contribution is 7.94. The molecule has 3 aromatic rings. The van der Waals surface area contributed by atoms with Crippen LogP contribution in [0.4, 0.5) is 23.0 Å². The highest BCUT2D eigenvalue weighted by Gasteiger charge is 2.15. The summed E-state index contributed by atoms with van der Waals surface area (Å²) < 4.78 is 26.9. The second-order valence-corrected chi connectivity index (χ2v) is 8.26. The first-order valence-corrected chi connectivity index (χ1v) is 9.75. The molecular formula is C16H17N5O2S2. The highest BCUT2D eigenvalue weighted by Crippen LogP contribution is 2.21. The van der Waals surface area contributed by atoms with Crippen LogP contribution < -0.4 is 14.9 Å². The van der Waals surface area contributed by atoms with Gasteiger partial charge in [-0.25, -0.2) is 8.42 Å². The van der Waals surface area contributed by atoms with Gasteiger partial charge in [0.15, 0.2) is 11.6 Å². The van der Waals surface area contributed by atoms with E-state index in [0.717, 1.165) is 22.7 Å². The van der Waals surface area contributed by atoms with Crippen molar-refractivity contribution in [3.8, 4) is 0 Å². The summed E-state index contributed by atoms with van der Waals surface area (Å²) in [6.45, 7) is 0. The van der Waals surface area contributed by atoms with Gasteiger partial charge in [0.25, 0.3) is 10.0 Å². The highest BCUT2D eigenvalue weighted by atomic mass is 32.2. The molecule has 0 aliphatic heterocycles. The number of rotatable bonds is 6. The molecule has 0 bridgehead atoms. The number of benzene rings is 1. The average molecular weight is 375 g/mol. The van der Waals surface area contributed by atoms with Crippen LogP contribution in [0.25, 0.3) is 0 Å². The Bertz CT molecular complexity index is 922. The normalized spacial score (nSPS) is 11.1. The lowest BCUT2D eigenvalue weighted by molar-refractivity contribution is 0.603. The number of nitrogens with one attached hydrogen (secondary N) is 2. The first-order valence-electron chi connectivity index (χ1n) is 7.38. The van der Waals surface area contributed by atoms with Crippen LogP contribution in [0.1, 0.15) is 0 Å². The van der Waals surface area contributed by atoms with Crippen molar-refractivity contribution >= 4 is 44.4 Å². The third-order valence-electron chi connectivity index (χ3n) is 3.32. The summed E-state index contributed by atoms with van der Waals surface area (Å²) in [7, 11) is 0.338. The maximum absolute atomic E-state index is 12.1. The maximum atomic E-state index is 12.1. The van der Waals surface area contributed by atoms with Crippen molar-refractivity contribution in [2.75, 3.05) is 29.0 Å². The Morgan fingerprint density at radius 2 is 1.64 bits per heavy atom. The topological polar surface area (TPSA) is 87.2 Å². The SMILES string of the molecule is CN(C)c1ccc(Nc2ccc(NS(=O)(=O)c3cccs3)nn2)cc1. The zero-order chi connectivity index (χ0) is 17.9. The number of sulfonamides is 1. The molecule has 1 aromatic carbocycles. The quantitative estimate of drug-likeness (QED) is 0.688. The van der Waals surface area contributed by atoms with Gasteiger partial charge in [0.05, 0.1) is 0 Å². The zero-order valence-electron chi connectivity index (χ0n) is 13.7. The number of anilines is 4. The second kappa shape index (κ2) is 7.08. The van der Waals surface area contributed by atoms with Crippen LogP contribution >= 0.6 is 11.3 Å². The summed E-state index contributed by atoms with van der Waals surface area (Å²) >= 11 is 1.14. The molecule has 3 rings (SSSR count). The van der Waals surface area contributed by atoms with E-state index in [2.05, 4.69) is 20.2 Å². The van der Waals surface area contributed by atoms with E-state index < -0.39 is 10.0 Å². The molecule has 0 saturated carbocycles. The summed E-state index contributed by atoms with van der Waals surface area (Å²) in [4.78, 5) is 2.01. The van der Waals surface area contributed by atoms with Crippen molar-refractivity contribution in [1.82, 2.24) is 10.2 Å². The van der Waals surface area contributed by atoms with Crippen LogP contribution in [0.3, 0.4) is 0 Å². The molecule has 0 spiro atoms. The minimum absolute atomic E-state index is 0.168. The summed E-state index contributed by atoms with van der Waals surface area (Å²) in [5.74, 6) is 0.693. The Morgan fingerprint density at radius 1 is 0.960 bits per heavy atom. The largest absolute Gasteiger partial charge is 0.378 e. The van der Waals surface area contributed by atoms with Crippen molar-refractivity contribution in [3.63, 3.8) is 0 Å². The fourth-order valence-corrected chi connectivity index (χ4v) is 4.04. The lowest BCUT2D eigenvalue weighted by Gasteiger charge is -2.13. The average Bonchev–Trinajstić information content (AvgIpc) is 3.12. The minimum atomic E-state index is -3.61. The van der Waals surface area contributed by atoms with E-state index >= 15 is 0 Å². The molecule has 0 unspecified atom stereocenters. The molecule has 0 amide bonds. The fourth-order valence-electron chi connectivity index (χ4n) is 2.05. The molecule has 2 N–H and O–H groups in total. The van der Waals surface area contributed by atoms with Crippen LogP contribution in [0.2, 0.25) is 0 Å². The third kappa shape index (κ3) is 4.25. The van der Waals surface area contributed by atoms with Crippen molar-refractivity contribution in [2.24, 2.45) is 0 Å². The second-order valence-electron chi connectivity index (χ2n) is 5.41. The van der Waals surface area contributed by atoms with Crippen LogP contribution in [0.5, 0.6) is 0 Å². The smallest absolute Gasteiger partial charge is 0.272 e. The number of nitrogens with zero attached hydrogens (tertiary/aromatic N) is 3. The summed E-state index contributed by atoms with van der Waals surface area (Å²) in [6, 6.07) is 14.3. The molecule has 7 nitrogen and oxygen atoms in total. The van der Waals surface area contributed by atoms with Crippen molar-refractivity contribution < 1.29 is 8.42 Å². The van der Waals surface area contributed by atoms with E-state index in [-0.39, 0.29) is 10.0 Å². The van der Waals surface area contributed by atoms with Gasteiger partial charge in [0.1, 0.15) is 4.21 Å². The first-order chi connectivity index (χ1) is 11.9. The Labute approximate surface area is 150 Å². The molecule has 0 fully saturated rings. The van der Waals surface area contributed by atoms with Crippen molar-refractivity contribution in [3.05, 3.63) is 53.9 Å². The number of thiophene rings is 1. The predicted molar refractivity (Wildman–Crippen MR) is 101 cm³/mol. The van der Waals surface area contributed by atoms with E-state index in [1.54, 1.807) is 23.6 Å². The van der Waals surface area contributed by atoms with Gasteiger partial charge < -0.3 is 10.2 Å². The Hall–Kier alpha value is -2.65. The molecule has 2 heterocycles. The molecular weight excluding hydrogens is 358 g/mol. The molecule has 0 saturated heterocycles. The number of hydrogen-bond donors (Lipinski definition) is 2. The van der Waals surface area contributed by atoms with E-state index in [1.807, 2.05) is 43.3 Å². The molecule has 2 aromatic heterocycles. The maximum Gasteiger partial charge on any atom is 0.272 e. The Kier molecular flexibility index (Phi) is 4.86. The standard InChI is InChI=1S/C16H17N5O2S2/c1-21(2)13-7-5-12(6-8-13)17-14-9-10-15(19-18-14)20-25(22,23)16-4-3-11-24-16/h3-11H,1-2H3,(H,17,18)(H,19,20). The van der Waals surface area contributed by atoms with Gasteiger partial charge in [-0.15, -0.1) is 21.5 Å². The van der Waals surface area contributed by atoms with Crippen LogP contribution in [0, 0.1) is 0 Å². The van der Waals surface area contributed by atoms with Gasteiger partial charge in [-0.1, -0.05) is 6.07 Å². The lowest BCUT2D eigenvalue weighted by Crippen LogP contribution is -2.13. The van der Waals surface area contributed by atoms with Gasteiger partial charge in [-0.2, -0.15) is 0 Å². The summed E-state index contributed by atoms with van der Waals surface area (Å²) in [5, 5.41) is 12.7. The molecule has 0 aliphatic carbocycles. The zero-order valence-corrected chi connectivity index (χ0v) is 15.3. The van der Waals surface area contributed by atoms with Gasteiger partial charge in [-0.05, 0) is 47.8 Å². The molecule has 9 heteroatoms. The summed E-state index contributed by atoms with van der Waals surface area (Å²) in [6.07, 6.45) is 0. The van der Waals surface area contributed by atoms with Crippen LogP contribution in [-0.4, -0.2) is 32.7 Å². The number of aromatic nitrogens is 2. The first kappa shape index (κ1) is 17.2. The molecule has 25 heavy (non-hydrogen) atoms. The van der Waals surface area contributed by atoms with Gasteiger partial charge in [0.2, 0.25) is 0 Å².